The maximum atomic E-state index is 13.2. The van der Waals surface area contributed by atoms with Crippen LogP contribution in [-0.4, -0.2) is 33.8 Å². The van der Waals surface area contributed by atoms with Crippen LogP contribution in [0.5, 0.6) is 0 Å². The maximum absolute atomic E-state index is 13.2. The highest BCUT2D eigenvalue weighted by atomic mass is 16.4. The lowest BCUT2D eigenvalue weighted by Gasteiger charge is -2.29. The van der Waals surface area contributed by atoms with Gasteiger partial charge >= 0.3 is 5.97 Å². The van der Waals surface area contributed by atoms with Gasteiger partial charge in [-0.05, 0) is 30.9 Å². The van der Waals surface area contributed by atoms with E-state index in [1.807, 2.05) is 19.1 Å². The zero-order chi connectivity index (χ0) is 16.6. The molecule has 1 saturated heterocycles. The summed E-state index contributed by atoms with van der Waals surface area (Å²) in [5.41, 5.74) is 0.265. The van der Waals surface area contributed by atoms with E-state index in [0.29, 0.717) is 5.56 Å². The van der Waals surface area contributed by atoms with Crippen molar-refractivity contribution in [3.8, 4) is 0 Å². The Morgan fingerprint density at radius 3 is 2.52 bits per heavy atom. The van der Waals surface area contributed by atoms with Crippen LogP contribution in [0.2, 0.25) is 0 Å². The number of imide groups is 1. The number of benzene rings is 1. The van der Waals surface area contributed by atoms with Gasteiger partial charge in [-0.3, -0.25) is 19.3 Å². The summed E-state index contributed by atoms with van der Waals surface area (Å²) in [4.78, 5) is 38.5. The molecule has 0 unspecified atom stereocenters. The summed E-state index contributed by atoms with van der Waals surface area (Å²) in [6, 6.07) is 7.22. The van der Waals surface area contributed by atoms with Crippen LogP contribution in [0.4, 0.5) is 0 Å². The van der Waals surface area contributed by atoms with E-state index in [1.165, 1.54) is 4.90 Å². The number of likely N-dealkylation sites (tertiary alicyclic amines) is 1. The standard InChI is InChI=1S/C18H21NO4/c1-12-6-2-5-9-14(12)18(11-16(21)22)10-15(20)19(17(18)23)13-7-3-4-8-13/h2,5-6,9,13H,3-4,7-8,10-11H2,1H3,(H,21,22)/t18-/m0/s1. The Morgan fingerprint density at radius 1 is 1.26 bits per heavy atom. The molecule has 5 heteroatoms. The Hall–Kier alpha value is -2.17. The molecule has 0 bridgehead atoms. The molecular formula is C18H21NO4. The largest absolute Gasteiger partial charge is 0.481 e. The fraction of sp³-hybridized carbons (Fsp3) is 0.500. The quantitative estimate of drug-likeness (QED) is 0.866. The van der Waals surface area contributed by atoms with Crippen LogP contribution in [0.1, 0.15) is 49.7 Å². The molecule has 1 N–H and O–H groups in total. The summed E-state index contributed by atoms with van der Waals surface area (Å²) in [5.74, 6) is -1.61. The van der Waals surface area contributed by atoms with E-state index in [0.717, 1.165) is 31.2 Å². The Kier molecular flexibility index (Phi) is 3.96. The van der Waals surface area contributed by atoms with Crippen molar-refractivity contribution in [1.82, 2.24) is 4.90 Å². The average Bonchev–Trinajstić information content (AvgIpc) is 3.07. The number of aryl methyl sites for hydroxylation is 1. The molecule has 1 aromatic carbocycles. The molecule has 122 valence electrons. The van der Waals surface area contributed by atoms with Crippen molar-refractivity contribution in [2.75, 3.05) is 0 Å². The molecule has 0 radical (unpaired) electrons. The van der Waals surface area contributed by atoms with Crippen molar-refractivity contribution in [2.24, 2.45) is 0 Å². The second-order valence-electron chi connectivity index (χ2n) is 6.65. The van der Waals surface area contributed by atoms with Crippen molar-refractivity contribution < 1.29 is 19.5 Å². The smallest absolute Gasteiger partial charge is 0.304 e. The van der Waals surface area contributed by atoms with E-state index in [1.54, 1.807) is 12.1 Å². The van der Waals surface area contributed by atoms with Crippen LogP contribution in [0.15, 0.2) is 24.3 Å². The van der Waals surface area contributed by atoms with Crippen LogP contribution in [0.3, 0.4) is 0 Å². The van der Waals surface area contributed by atoms with Crippen LogP contribution >= 0.6 is 0 Å². The minimum absolute atomic E-state index is 0.0422. The molecule has 1 saturated carbocycles. The van der Waals surface area contributed by atoms with Crippen LogP contribution in [0, 0.1) is 6.92 Å². The molecule has 1 aromatic rings. The highest BCUT2D eigenvalue weighted by Crippen LogP contribution is 2.43. The first-order chi connectivity index (χ1) is 11.0. The average molecular weight is 315 g/mol. The Balaban J connectivity index is 2.07. The lowest BCUT2D eigenvalue weighted by molar-refractivity contribution is -0.146. The summed E-state index contributed by atoms with van der Waals surface area (Å²) >= 11 is 0. The third-order valence-corrected chi connectivity index (χ3v) is 5.15. The van der Waals surface area contributed by atoms with Gasteiger partial charge in [-0.25, -0.2) is 0 Å². The second-order valence-corrected chi connectivity index (χ2v) is 6.65. The number of hydrogen-bond acceptors (Lipinski definition) is 3. The predicted molar refractivity (Wildman–Crippen MR) is 83.8 cm³/mol. The highest BCUT2D eigenvalue weighted by molar-refractivity contribution is 6.10. The number of rotatable bonds is 4. The fourth-order valence-corrected chi connectivity index (χ4v) is 4.11. The van der Waals surface area contributed by atoms with E-state index in [9.17, 15) is 19.5 Å². The first-order valence-corrected chi connectivity index (χ1v) is 8.10. The van der Waals surface area contributed by atoms with Crippen LogP contribution < -0.4 is 0 Å². The predicted octanol–water partition coefficient (Wildman–Crippen LogP) is 2.41. The lowest BCUT2D eigenvalue weighted by Crippen LogP contribution is -2.44. The number of hydrogen-bond donors (Lipinski definition) is 1. The number of amides is 2. The van der Waals surface area contributed by atoms with Crippen molar-refractivity contribution in [3.05, 3.63) is 35.4 Å². The summed E-state index contributed by atoms with van der Waals surface area (Å²) in [7, 11) is 0. The van der Waals surface area contributed by atoms with Gasteiger partial charge in [0.25, 0.3) is 0 Å². The topological polar surface area (TPSA) is 74.7 Å². The summed E-state index contributed by atoms with van der Waals surface area (Å²) in [6.07, 6.45) is 3.30. The van der Waals surface area contributed by atoms with Crippen molar-refractivity contribution in [3.63, 3.8) is 0 Å². The number of carbonyl (C=O) groups is 3. The molecular weight excluding hydrogens is 294 g/mol. The molecule has 2 aliphatic rings. The Bertz CT molecular complexity index is 663. The summed E-state index contributed by atoms with van der Waals surface area (Å²) < 4.78 is 0. The Morgan fingerprint density at radius 2 is 1.91 bits per heavy atom. The van der Waals surface area contributed by atoms with Crippen molar-refractivity contribution >= 4 is 17.8 Å². The summed E-state index contributed by atoms with van der Waals surface area (Å²) in [6.45, 7) is 1.86. The van der Waals surface area contributed by atoms with Crippen LogP contribution in [0.25, 0.3) is 0 Å². The Labute approximate surface area is 135 Å². The van der Waals surface area contributed by atoms with Crippen molar-refractivity contribution in [2.45, 2.75) is 56.9 Å². The first kappa shape index (κ1) is 15.7. The van der Waals surface area contributed by atoms with Gasteiger partial charge in [-0.15, -0.1) is 0 Å². The number of carboxylic acids is 1. The molecule has 1 heterocycles. The zero-order valence-electron chi connectivity index (χ0n) is 13.2. The molecule has 0 spiro atoms. The molecule has 0 aromatic heterocycles. The SMILES string of the molecule is Cc1ccccc1[C@@]1(CC(=O)O)CC(=O)N(C2CCCC2)C1=O. The van der Waals surface area contributed by atoms with Gasteiger partial charge in [-0.1, -0.05) is 37.1 Å². The molecule has 5 nitrogen and oxygen atoms in total. The molecule has 3 rings (SSSR count). The van der Waals surface area contributed by atoms with Gasteiger partial charge < -0.3 is 5.11 Å². The first-order valence-electron chi connectivity index (χ1n) is 8.10. The van der Waals surface area contributed by atoms with E-state index in [-0.39, 0.29) is 30.7 Å². The zero-order valence-corrected chi connectivity index (χ0v) is 13.2. The summed E-state index contributed by atoms with van der Waals surface area (Å²) in [5, 5.41) is 9.36. The molecule has 2 amide bonds. The number of carbonyl (C=O) groups excluding carboxylic acids is 2. The second kappa shape index (κ2) is 5.80. The molecule has 1 aliphatic heterocycles. The van der Waals surface area contributed by atoms with Crippen molar-refractivity contribution in [1.29, 1.82) is 0 Å². The van der Waals surface area contributed by atoms with E-state index in [2.05, 4.69) is 0 Å². The third-order valence-electron chi connectivity index (χ3n) is 5.15. The monoisotopic (exact) mass is 315 g/mol. The normalized spacial score (nSPS) is 25.3. The van der Waals surface area contributed by atoms with E-state index < -0.39 is 11.4 Å². The number of aliphatic carboxylic acids is 1. The third kappa shape index (κ3) is 2.54. The van der Waals surface area contributed by atoms with Crippen LogP contribution in [-0.2, 0) is 19.8 Å². The van der Waals surface area contributed by atoms with E-state index in [4.69, 9.17) is 0 Å². The number of carboxylic acid groups (broad SMARTS) is 1. The van der Waals surface area contributed by atoms with Gasteiger partial charge in [0.1, 0.15) is 0 Å². The fourth-order valence-electron chi connectivity index (χ4n) is 4.11. The molecule has 1 aliphatic carbocycles. The van der Waals surface area contributed by atoms with Gasteiger partial charge in [0.05, 0.1) is 11.8 Å². The lowest BCUT2D eigenvalue weighted by atomic mass is 9.74. The minimum Gasteiger partial charge on any atom is -0.481 e. The van der Waals surface area contributed by atoms with Gasteiger partial charge in [0.2, 0.25) is 11.8 Å². The van der Waals surface area contributed by atoms with Gasteiger partial charge in [0, 0.05) is 12.5 Å². The van der Waals surface area contributed by atoms with Gasteiger partial charge in [-0.2, -0.15) is 0 Å². The van der Waals surface area contributed by atoms with Gasteiger partial charge in [0.15, 0.2) is 0 Å². The van der Waals surface area contributed by atoms with E-state index >= 15 is 0 Å². The molecule has 23 heavy (non-hydrogen) atoms. The molecule has 2 fully saturated rings. The number of nitrogens with zero attached hydrogens (tertiary/aromatic N) is 1. The highest BCUT2D eigenvalue weighted by Gasteiger charge is 2.56. The minimum atomic E-state index is -1.25. The maximum Gasteiger partial charge on any atom is 0.304 e. The molecule has 1 atom stereocenters.